The van der Waals surface area contributed by atoms with Crippen molar-refractivity contribution in [1.82, 2.24) is 4.98 Å². The first kappa shape index (κ1) is 16.5. The summed E-state index contributed by atoms with van der Waals surface area (Å²) in [5.74, 6) is -0.315. The van der Waals surface area contributed by atoms with Crippen molar-refractivity contribution in [3.05, 3.63) is 56.4 Å². The molecule has 1 aliphatic rings. The van der Waals surface area contributed by atoms with Gasteiger partial charge in [0.25, 0.3) is 5.69 Å². The van der Waals surface area contributed by atoms with Crippen LogP contribution in [-0.2, 0) is 11.3 Å². The molecule has 0 aliphatic carbocycles. The quantitative estimate of drug-likeness (QED) is 0.370. The second-order valence-corrected chi connectivity index (χ2v) is 6.98. The number of hydrogen-bond acceptors (Lipinski definition) is 9. The van der Waals surface area contributed by atoms with Crippen LogP contribution < -0.4 is 9.47 Å². The van der Waals surface area contributed by atoms with Gasteiger partial charge in [0.15, 0.2) is 11.5 Å². The number of benzene rings is 1. The Kier molecular flexibility index (Phi) is 4.27. The van der Waals surface area contributed by atoms with Crippen molar-refractivity contribution in [1.29, 1.82) is 0 Å². The summed E-state index contributed by atoms with van der Waals surface area (Å²) in [6.07, 6.45) is 0. The van der Waals surface area contributed by atoms with E-state index in [1.54, 1.807) is 16.7 Å². The van der Waals surface area contributed by atoms with Crippen LogP contribution in [0.1, 0.15) is 16.1 Å². The number of nitro groups is 1. The summed E-state index contributed by atoms with van der Waals surface area (Å²) in [7, 11) is 0. The van der Waals surface area contributed by atoms with E-state index in [4.69, 9.17) is 14.2 Å². The molecule has 0 spiro atoms. The Hall–Kier alpha value is -2.98. The predicted molar refractivity (Wildman–Crippen MR) is 93.8 cm³/mol. The van der Waals surface area contributed by atoms with Gasteiger partial charge in [0, 0.05) is 11.4 Å². The van der Waals surface area contributed by atoms with Crippen LogP contribution in [-0.4, -0.2) is 22.7 Å². The Bertz CT molecular complexity index is 983. The van der Waals surface area contributed by atoms with Crippen molar-refractivity contribution in [2.75, 3.05) is 6.79 Å². The SMILES string of the molecule is O=C(OCc1csc(-c2cccs2)n1)c1cc2c(cc1[N+](=O)[O-])OCO2. The van der Waals surface area contributed by atoms with Gasteiger partial charge in [-0.15, -0.1) is 22.7 Å². The molecule has 0 amide bonds. The highest BCUT2D eigenvalue weighted by Gasteiger charge is 2.28. The zero-order valence-electron chi connectivity index (χ0n) is 13.0. The van der Waals surface area contributed by atoms with E-state index in [1.807, 2.05) is 17.5 Å². The Balaban J connectivity index is 1.51. The summed E-state index contributed by atoms with van der Waals surface area (Å²) in [6.45, 7) is -0.123. The summed E-state index contributed by atoms with van der Waals surface area (Å²) in [5.41, 5.74) is -0.0000846. The third-order valence-corrected chi connectivity index (χ3v) is 5.47. The summed E-state index contributed by atoms with van der Waals surface area (Å²) >= 11 is 3.01. The van der Waals surface area contributed by atoms with Gasteiger partial charge in [0.05, 0.1) is 21.6 Å². The third-order valence-electron chi connectivity index (χ3n) is 3.54. The number of rotatable bonds is 5. The summed E-state index contributed by atoms with van der Waals surface area (Å²) < 4.78 is 15.5. The molecule has 1 aliphatic heterocycles. The number of esters is 1. The number of nitrogens with zero attached hydrogens (tertiary/aromatic N) is 2. The number of nitro benzene ring substituents is 1. The molecule has 3 aromatic rings. The molecule has 0 bridgehead atoms. The Morgan fingerprint density at radius 1 is 1.31 bits per heavy atom. The summed E-state index contributed by atoms with van der Waals surface area (Å²) in [4.78, 5) is 28.3. The van der Waals surface area contributed by atoms with E-state index in [2.05, 4.69) is 4.98 Å². The lowest BCUT2D eigenvalue weighted by molar-refractivity contribution is -0.385. The molecule has 8 nitrogen and oxygen atoms in total. The molecule has 0 saturated carbocycles. The van der Waals surface area contributed by atoms with Crippen LogP contribution in [0.25, 0.3) is 9.88 Å². The molecule has 2 aromatic heterocycles. The smallest absolute Gasteiger partial charge is 0.345 e. The minimum absolute atomic E-state index is 0.0463. The molecule has 26 heavy (non-hydrogen) atoms. The molecular weight excluding hydrogens is 380 g/mol. The number of thiophene rings is 1. The van der Waals surface area contributed by atoms with Crippen molar-refractivity contribution >= 4 is 34.3 Å². The van der Waals surface area contributed by atoms with Gasteiger partial charge in [0.2, 0.25) is 6.79 Å². The van der Waals surface area contributed by atoms with Crippen molar-refractivity contribution in [3.63, 3.8) is 0 Å². The van der Waals surface area contributed by atoms with Crippen molar-refractivity contribution < 1.29 is 23.9 Å². The highest BCUT2D eigenvalue weighted by atomic mass is 32.1. The van der Waals surface area contributed by atoms with E-state index in [1.165, 1.54) is 17.4 Å². The fourth-order valence-electron chi connectivity index (χ4n) is 2.35. The number of ether oxygens (including phenoxy) is 3. The van der Waals surface area contributed by atoms with E-state index in [0.717, 1.165) is 16.0 Å². The molecule has 3 heterocycles. The lowest BCUT2D eigenvalue weighted by Gasteiger charge is -2.05. The van der Waals surface area contributed by atoms with Crippen LogP contribution in [0.4, 0.5) is 5.69 Å². The fourth-order valence-corrected chi connectivity index (χ4v) is 3.97. The van der Waals surface area contributed by atoms with E-state index in [-0.39, 0.29) is 30.5 Å². The highest BCUT2D eigenvalue weighted by Crippen LogP contribution is 2.38. The molecule has 0 atom stereocenters. The molecule has 0 radical (unpaired) electrons. The molecule has 1 aromatic carbocycles. The molecule has 0 N–H and O–H groups in total. The number of fused-ring (bicyclic) bond motifs is 1. The van der Waals surface area contributed by atoms with Gasteiger partial charge in [-0.1, -0.05) is 6.07 Å². The first-order chi connectivity index (χ1) is 12.6. The van der Waals surface area contributed by atoms with Crippen LogP contribution in [0, 0.1) is 10.1 Å². The molecule has 4 rings (SSSR count). The first-order valence-corrected chi connectivity index (χ1v) is 9.11. The number of thiazole rings is 1. The fraction of sp³-hybridized carbons (Fsp3) is 0.125. The Morgan fingerprint density at radius 2 is 2.12 bits per heavy atom. The number of hydrogen-bond donors (Lipinski definition) is 0. The maximum absolute atomic E-state index is 12.3. The first-order valence-electron chi connectivity index (χ1n) is 7.35. The zero-order chi connectivity index (χ0) is 18.1. The van der Waals surface area contributed by atoms with E-state index in [0.29, 0.717) is 5.69 Å². The number of carbonyl (C=O) groups is 1. The highest BCUT2D eigenvalue weighted by molar-refractivity contribution is 7.20. The van der Waals surface area contributed by atoms with Crippen molar-refractivity contribution in [2.45, 2.75) is 6.61 Å². The maximum Gasteiger partial charge on any atom is 0.345 e. The molecule has 0 unspecified atom stereocenters. The van der Waals surface area contributed by atoms with Crippen LogP contribution in [0.3, 0.4) is 0 Å². The lowest BCUT2D eigenvalue weighted by atomic mass is 10.1. The topological polar surface area (TPSA) is 101 Å². The summed E-state index contributed by atoms with van der Waals surface area (Å²) in [6, 6.07) is 6.31. The van der Waals surface area contributed by atoms with Crippen LogP contribution in [0.15, 0.2) is 35.0 Å². The number of aromatic nitrogens is 1. The molecule has 132 valence electrons. The number of carbonyl (C=O) groups excluding carboxylic acids is 1. The summed E-state index contributed by atoms with van der Waals surface area (Å²) in [5, 5.41) is 15.8. The molecule has 0 fully saturated rings. The maximum atomic E-state index is 12.3. The average molecular weight is 390 g/mol. The van der Waals surface area contributed by atoms with E-state index < -0.39 is 16.6 Å². The Labute approximate surface area is 154 Å². The van der Waals surface area contributed by atoms with E-state index in [9.17, 15) is 14.9 Å². The molecular formula is C16H10N2O6S2. The largest absolute Gasteiger partial charge is 0.455 e. The van der Waals surface area contributed by atoms with Gasteiger partial charge in [-0.25, -0.2) is 9.78 Å². The van der Waals surface area contributed by atoms with Gasteiger partial charge in [0.1, 0.15) is 17.2 Å². The third kappa shape index (κ3) is 3.11. The predicted octanol–water partition coefficient (Wildman–Crippen LogP) is 3.87. The monoisotopic (exact) mass is 390 g/mol. The van der Waals surface area contributed by atoms with Gasteiger partial charge in [-0.05, 0) is 11.4 Å². The zero-order valence-corrected chi connectivity index (χ0v) is 14.7. The second kappa shape index (κ2) is 6.73. The molecule has 0 saturated heterocycles. The second-order valence-electron chi connectivity index (χ2n) is 5.18. The van der Waals surface area contributed by atoms with Crippen molar-refractivity contribution in [2.24, 2.45) is 0 Å². The van der Waals surface area contributed by atoms with Gasteiger partial charge < -0.3 is 14.2 Å². The van der Waals surface area contributed by atoms with Crippen molar-refractivity contribution in [3.8, 4) is 21.4 Å². The lowest BCUT2D eigenvalue weighted by Crippen LogP contribution is -2.08. The minimum atomic E-state index is -0.819. The normalized spacial score (nSPS) is 12.2. The Morgan fingerprint density at radius 3 is 2.85 bits per heavy atom. The van der Waals surface area contributed by atoms with Crippen LogP contribution in [0.5, 0.6) is 11.5 Å². The average Bonchev–Trinajstić information content (AvgIpc) is 3.38. The minimum Gasteiger partial charge on any atom is -0.455 e. The van der Waals surface area contributed by atoms with Gasteiger partial charge in [-0.3, -0.25) is 10.1 Å². The van der Waals surface area contributed by atoms with Gasteiger partial charge >= 0.3 is 5.97 Å². The molecule has 10 heteroatoms. The standard InChI is InChI=1S/C16H10N2O6S2/c19-16(10-4-12-13(24-8-23-12)5-11(10)18(20)21)22-6-9-7-26-15(17-9)14-2-1-3-25-14/h1-5,7H,6,8H2. The van der Waals surface area contributed by atoms with E-state index >= 15 is 0 Å². The van der Waals surface area contributed by atoms with Crippen LogP contribution >= 0.6 is 22.7 Å². The van der Waals surface area contributed by atoms with Crippen LogP contribution in [0.2, 0.25) is 0 Å². The van der Waals surface area contributed by atoms with Gasteiger partial charge in [-0.2, -0.15) is 0 Å².